The molecule has 3 unspecified atom stereocenters. The summed E-state index contributed by atoms with van der Waals surface area (Å²) in [7, 11) is 4.41. The molecule has 100 valence electrons. The zero-order valence-corrected chi connectivity index (χ0v) is 11.5. The van der Waals surface area contributed by atoms with Gasteiger partial charge in [-0.3, -0.25) is 0 Å². The lowest BCUT2D eigenvalue weighted by molar-refractivity contribution is 0.158. The number of hydrogen-bond acceptors (Lipinski definition) is 3. The van der Waals surface area contributed by atoms with Crippen molar-refractivity contribution in [3.63, 3.8) is 0 Å². The van der Waals surface area contributed by atoms with Crippen molar-refractivity contribution >= 4 is 0 Å². The van der Waals surface area contributed by atoms with Gasteiger partial charge in [-0.2, -0.15) is 0 Å². The Labute approximate surface area is 106 Å². The molecular formula is C14H29N3. The van der Waals surface area contributed by atoms with E-state index in [-0.39, 0.29) is 0 Å². The standard InChI is InChI=1S/C14H29N3/c1-15-14(9-12-5-3-7-16-10-12)13-6-4-8-17(2)11-13/h12-16H,3-11H2,1-2H3. The van der Waals surface area contributed by atoms with Crippen LogP contribution in [0.1, 0.15) is 32.1 Å². The van der Waals surface area contributed by atoms with Crippen LogP contribution < -0.4 is 10.6 Å². The molecule has 2 fully saturated rings. The second-order valence-corrected chi connectivity index (χ2v) is 6.01. The van der Waals surface area contributed by atoms with Crippen LogP contribution in [0.2, 0.25) is 0 Å². The molecule has 0 aliphatic carbocycles. The van der Waals surface area contributed by atoms with Crippen LogP contribution in [0.25, 0.3) is 0 Å². The van der Waals surface area contributed by atoms with Gasteiger partial charge in [-0.15, -0.1) is 0 Å². The minimum Gasteiger partial charge on any atom is -0.317 e. The molecule has 0 radical (unpaired) electrons. The van der Waals surface area contributed by atoms with E-state index < -0.39 is 0 Å². The van der Waals surface area contributed by atoms with Gasteiger partial charge in [0, 0.05) is 12.6 Å². The highest BCUT2D eigenvalue weighted by Gasteiger charge is 2.27. The Hall–Kier alpha value is -0.120. The fourth-order valence-corrected chi connectivity index (χ4v) is 3.57. The second kappa shape index (κ2) is 6.72. The summed E-state index contributed by atoms with van der Waals surface area (Å²) in [6.07, 6.45) is 6.94. The van der Waals surface area contributed by atoms with Crippen LogP contribution in [0.15, 0.2) is 0 Å². The van der Waals surface area contributed by atoms with Crippen molar-refractivity contribution < 1.29 is 0 Å². The fraction of sp³-hybridized carbons (Fsp3) is 1.00. The van der Waals surface area contributed by atoms with E-state index in [0.717, 1.165) is 17.9 Å². The number of nitrogens with zero attached hydrogens (tertiary/aromatic N) is 1. The van der Waals surface area contributed by atoms with Crippen LogP contribution in [0.5, 0.6) is 0 Å². The van der Waals surface area contributed by atoms with Crippen molar-refractivity contribution in [2.24, 2.45) is 11.8 Å². The highest BCUT2D eigenvalue weighted by molar-refractivity contribution is 4.84. The Balaban J connectivity index is 1.82. The van der Waals surface area contributed by atoms with E-state index in [2.05, 4.69) is 29.6 Å². The molecule has 0 spiro atoms. The van der Waals surface area contributed by atoms with E-state index in [4.69, 9.17) is 0 Å². The molecule has 2 heterocycles. The predicted molar refractivity (Wildman–Crippen MR) is 73.3 cm³/mol. The first-order valence-electron chi connectivity index (χ1n) is 7.36. The zero-order chi connectivity index (χ0) is 12.1. The molecule has 2 saturated heterocycles. The number of hydrogen-bond donors (Lipinski definition) is 2. The molecule has 2 rings (SSSR count). The Kier molecular flexibility index (Phi) is 5.26. The monoisotopic (exact) mass is 239 g/mol. The van der Waals surface area contributed by atoms with Crippen molar-refractivity contribution in [2.45, 2.75) is 38.1 Å². The first-order valence-corrected chi connectivity index (χ1v) is 7.36. The Morgan fingerprint density at radius 3 is 2.88 bits per heavy atom. The van der Waals surface area contributed by atoms with Crippen molar-refractivity contribution in [3.05, 3.63) is 0 Å². The molecule has 17 heavy (non-hydrogen) atoms. The summed E-state index contributed by atoms with van der Waals surface area (Å²) >= 11 is 0. The van der Waals surface area contributed by atoms with Crippen LogP contribution in [0, 0.1) is 11.8 Å². The van der Waals surface area contributed by atoms with Crippen LogP contribution >= 0.6 is 0 Å². The summed E-state index contributed by atoms with van der Waals surface area (Å²) in [5.41, 5.74) is 0. The third-order valence-corrected chi connectivity index (χ3v) is 4.59. The first kappa shape index (κ1) is 13.3. The van der Waals surface area contributed by atoms with Gasteiger partial charge in [0.25, 0.3) is 0 Å². The molecule has 3 heteroatoms. The molecule has 0 saturated carbocycles. The SMILES string of the molecule is CNC(CC1CCCNC1)C1CCCN(C)C1. The molecule has 0 aromatic heterocycles. The number of piperidine rings is 2. The number of rotatable bonds is 4. The van der Waals surface area contributed by atoms with Crippen molar-refractivity contribution in [3.8, 4) is 0 Å². The van der Waals surface area contributed by atoms with Gasteiger partial charge in [0.05, 0.1) is 0 Å². The van der Waals surface area contributed by atoms with Crippen LogP contribution in [-0.4, -0.2) is 51.2 Å². The van der Waals surface area contributed by atoms with Crippen LogP contribution in [-0.2, 0) is 0 Å². The van der Waals surface area contributed by atoms with Crippen molar-refractivity contribution in [1.82, 2.24) is 15.5 Å². The average molecular weight is 239 g/mol. The fourth-order valence-electron chi connectivity index (χ4n) is 3.57. The first-order chi connectivity index (χ1) is 8.29. The maximum atomic E-state index is 3.59. The molecule has 2 aliphatic rings. The van der Waals surface area contributed by atoms with E-state index in [1.165, 1.54) is 58.3 Å². The highest BCUT2D eigenvalue weighted by Crippen LogP contribution is 2.25. The average Bonchev–Trinajstić information content (AvgIpc) is 2.37. The van der Waals surface area contributed by atoms with E-state index in [1.54, 1.807) is 0 Å². The van der Waals surface area contributed by atoms with Gasteiger partial charge >= 0.3 is 0 Å². The second-order valence-electron chi connectivity index (χ2n) is 6.01. The summed E-state index contributed by atoms with van der Waals surface area (Å²) in [5.74, 6) is 1.76. The normalized spacial score (nSPS) is 33.5. The lowest BCUT2D eigenvalue weighted by atomic mass is 9.83. The lowest BCUT2D eigenvalue weighted by Crippen LogP contribution is -2.45. The molecule has 0 aromatic carbocycles. The third-order valence-electron chi connectivity index (χ3n) is 4.59. The summed E-state index contributed by atoms with van der Waals surface area (Å²) in [5, 5.41) is 7.12. The molecule has 0 amide bonds. The molecule has 3 atom stereocenters. The van der Waals surface area contributed by atoms with Gasteiger partial charge in [0.1, 0.15) is 0 Å². The van der Waals surface area contributed by atoms with Gasteiger partial charge in [-0.1, -0.05) is 0 Å². The van der Waals surface area contributed by atoms with E-state index in [0.29, 0.717) is 0 Å². The number of nitrogens with one attached hydrogen (secondary N) is 2. The van der Waals surface area contributed by atoms with E-state index in [1.807, 2.05) is 0 Å². The van der Waals surface area contributed by atoms with Gasteiger partial charge in [-0.25, -0.2) is 0 Å². The van der Waals surface area contributed by atoms with Gasteiger partial charge in [0.2, 0.25) is 0 Å². The van der Waals surface area contributed by atoms with Gasteiger partial charge in [-0.05, 0) is 77.7 Å². The Morgan fingerprint density at radius 2 is 2.24 bits per heavy atom. The van der Waals surface area contributed by atoms with Crippen molar-refractivity contribution in [1.29, 1.82) is 0 Å². The summed E-state index contributed by atoms with van der Waals surface area (Å²) < 4.78 is 0. The molecule has 3 nitrogen and oxygen atoms in total. The quantitative estimate of drug-likeness (QED) is 0.774. The van der Waals surface area contributed by atoms with Gasteiger partial charge in [0.15, 0.2) is 0 Å². The summed E-state index contributed by atoms with van der Waals surface area (Å²) in [6.45, 7) is 5.04. The molecule has 2 aliphatic heterocycles. The predicted octanol–water partition coefficient (Wildman–Crippen LogP) is 1.31. The van der Waals surface area contributed by atoms with Crippen LogP contribution in [0.4, 0.5) is 0 Å². The minimum absolute atomic E-state index is 0.725. The molecular weight excluding hydrogens is 210 g/mol. The van der Waals surface area contributed by atoms with Crippen LogP contribution in [0.3, 0.4) is 0 Å². The molecule has 2 N–H and O–H groups in total. The smallest absolute Gasteiger partial charge is 0.0108 e. The van der Waals surface area contributed by atoms with E-state index in [9.17, 15) is 0 Å². The third kappa shape index (κ3) is 3.94. The van der Waals surface area contributed by atoms with Crippen molar-refractivity contribution in [2.75, 3.05) is 40.3 Å². The van der Waals surface area contributed by atoms with Gasteiger partial charge < -0.3 is 15.5 Å². The number of likely N-dealkylation sites (tertiary alicyclic amines) is 1. The largest absolute Gasteiger partial charge is 0.317 e. The topological polar surface area (TPSA) is 27.3 Å². The lowest BCUT2D eigenvalue weighted by Gasteiger charge is -2.37. The highest BCUT2D eigenvalue weighted by atomic mass is 15.1. The Morgan fingerprint density at radius 1 is 1.35 bits per heavy atom. The molecule has 0 bridgehead atoms. The van der Waals surface area contributed by atoms with E-state index >= 15 is 0 Å². The minimum atomic E-state index is 0.725. The molecule has 0 aromatic rings. The maximum absolute atomic E-state index is 3.59. The summed E-state index contributed by atoms with van der Waals surface area (Å²) in [6, 6.07) is 0.725. The summed E-state index contributed by atoms with van der Waals surface area (Å²) in [4.78, 5) is 2.50. The zero-order valence-electron chi connectivity index (χ0n) is 11.5. The maximum Gasteiger partial charge on any atom is 0.0108 e. The Bertz CT molecular complexity index is 214.